The number of aromatic nitrogens is 1. The molecule has 0 spiro atoms. The van der Waals surface area contributed by atoms with E-state index in [0.717, 1.165) is 37.1 Å². The smallest absolute Gasteiger partial charge is 0.387 e. The quantitative estimate of drug-likeness (QED) is 0.497. The molecule has 1 saturated heterocycles. The van der Waals surface area contributed by atoms with Crippen molar-refractivity contribution < 1.29 is 36.6 Å². The summed E-state index contributed by atoms with van der Waals surface area (Å²) in [7, 11) is 0. The van der Waals surface area contributed by atoms with Crippen molar-refractivity contribution in [1.29, 1.82) is 0 Å². The molecule has 0 aliphatic carbocycles. The van der Waals surface area contributed by atoms with E-state index in [9.17, 15) is 22.4 Å². The molecule has 2 heterocycles. The van der Waals surface area contributed by atoms with Crippen molar-refractivity contribution in [2.24, 2.45) is 0 Å². The Morgan fingerprint density at radius 2 is 1.84 bits per heavy atom. The highest BCUT2D eigenvalue weighted by Crippen LogP contribution is 2.28. The largest absolute Gasteiger partial charge is 0.435 e. The molecular formula is C20H19F4N3O4. The number of carbonyl (C=O) groups excluding carboxylic acids is 1. The maximum absolute atomic E-state index is 12.6. The topological polar surface area (TPSA) is 72.9 Å². The van der Waals surface area contributed by atoms with Crippen LogP contribution < -0.4 is 19.7 Å². The zero-order valence-corrected chi connectivity index (χ0v) is 16.1. The second kappa shape index (κ2) is 10.6. The van der Waals surface area contributed by atoms with Gasteiger partial charge in [-0.25, -0.2) is 4.98 Å². The molecule has 3 rings (SSSR count). The molecule has 0 atom stereocenters. The Labute approximate surface area is 175 Å². The number of nitrogens with zero attached hydrogens (tertiary/aromatic N) is 2. The lowest BCUT2D eigenvalue weighted by Crippen LogP contribution is -2.36. The predicted molar refractivity (Wildman–Crippen MR) is 105 cm³/mol. The van der Waals surface area contributed by atoms with Gasteiger partial charge in [0.15, 0.2) is 0 Å². The number of pyridine rings is 1. The van der Waals surface area contributed by atoms with E-state index in [1.165, 1.54) is 18.3 Å². The van der Waals surface area contributed by atoms with Gasteiger partial charge in [-0.2, -0.15) is 17.6 Å². The molecule has 11 heteroatoms. The van der Waals surface area contributed by atoms with Crippen LogP contribution in [-0.2, 0) is 9.53 Å². The van der Waals surface area contributed by atoms with Gasteiger partial charge in [0.1, 0.15) is 17.3 Å². The minimum atomic E-state index is -3.18. The molecule has 166 valence electrons. The van der Waals surface area contributed by atoms with Crippen molar-refractivity contribution in [2.45, 2.75) is 13.2 Å². The maximum Gasteiger partial charge on any atom is 0.387 e. The summed E-state index contributed by atoms with van der Waals surface area (Å²) >= 11 is 0. The average molecular weight is 441 g/mol. The van der Waals surface area contributed by atoms with Gasteiger partial charge < -0.3 is 24.4 Å². The number of morpholine rings is 1. The number of halogens is 4. The highest BCUT2D eigenvalue weighted by molar-refractivity contribution is 6.02. The first-order valence-corrected chi connectivity index (χ1v) is 9.22. The number of carbonyl (C=O) groups is 1. The summed E-state index contributed by atoms with van der Waals surface area (Å²) in [6, 6.07) is 6.71. The molecule has 1 aromatic carbocycles. The number of nitrogens with one attached hydrogen (secondary N) is 1. The summed E-state index contributed by atoms with van der Waals surface area (Å²) in [5.74, 6) is -0.541. The van der Waals surface area contributed by atoms with Crippen molar-refractivity contribution in [3.63, 3.8) is 0 Å². The van der Waals surface area contributed by atoms with Gasteiger partial charge in [-0.1, -0.05) is 0 Å². The first kappa shape index (κ1) is 22.3. The molecule has 31 heavy (non-hydrogen) atoms. The van der Waals surface area contributed by atoms with Gasteiger partial charge in [-0.15, -0.1) is 0 Å². The van der Waals surface area contributed by atoms with Crippen molar-refractivity contribution in [3.05, 3.63) is 48.2 Å². The Morgan fingerprint density at radius 1 is 1.10 bits per heavy atom. The number of hydrogen-bond donors (Lipinski definition) is 1. The summed E-state index contributed by atoms with van der Waals surface area (Å²) in [6.45, 7) is -3.60. The molecule has 0 saturated carbocycles. The van der Waals surface area contributed by atoms with E-state index in [-0.39, 0.29) is 11.3 Å². The normalized spacial score (nSPS) is 14.3. The van der Waals surface area contributed by atoms with Crippen LogP contribution in [0.3, 0.4) is 0 Å². The number of rotatable bonds is 8. The minimum absolute atomic E-state index is 0.0813. The van der Waals surface area contributed by atoms with Gasteiger partial charge in [0, 0.05) is 30.8 Å². The van der Waals surface area contributed by atoms with Gasteiger partial charge >= 0.3 is 13.2 Å². The second-order valence-electron chi connectivity index (χ2n) is 6.28. The third-order valence-corrected chi connectivity index (χ3v) is 4.19. The summed E-state index contributed by atoms with van der Waals surface area (Å²) in [4.78, 5) is 18.5. The summed E-state index contributed by atoms with van der Waals surface area (Å²) < 4.78 is 63.6. The Morgan fingerprint density at radius 3 is 2.48 bits per heavy atom. The zero-order chi connectivity index (χ0) is 22.2. The highest BCUT2D eigenvalue weighted by atomic mass is 19.3. The third kappa shape index (κ3) is 6.85. The Kier molecular flexibility index (Phi) is 7.65. The van der Waals surface area contributed by atoms with Crippen LogP contribution in [0, 0.1) is 0 Å². The third-order valence-electron chi connectivity index (χ3n) is 4.19. The van der Waals surface area contributed by atoms with Crippen LogP contribution in [0.25, 0.3) is 6.08 Å². The number of alkyl halides is 4. The fraction of sp³-hybridized carbons (Fsp3) is 0.300. The molecular weight excluding hydrogens is 422 g/mol. The Hall–Kier alpha value is -3.34. The average Bonchev–Trinajstić information content (AvgIpc) is 2.73. The second-order valence-corrected chi connectivity index (χ2v) is 6.28. The summed E-state index contributed by atoms with van der Waals surface area (Å²) in [5.41, 5.74) is 0.522. The van der Waals surface area contributed by atoms with Crippen LogP contribution in [0.4, 0.5) is 29.1 Å². The van der Waals surface area contributed by atoms with Crippen LogP contribution in [0.2, 0.25) is 0 Å². The van der Waals surface area contributed by atoms with Gasteiger partial charge in [-0.3, -0.25) is 4.79 Å². The van der Waals surface area contributed by atoms with E-state index in [2.05, 4.69) is 24.7 Å². The van der Waals surface area contributed by atoms with E-state index < -0.39 is 24.9 Å². The van der Waals surface area contributed by atoms with Crippen LogP contribution in [0.5, 0.6) is 11.5 Å². The first-order valence-electron chi connectivity index (χ1n) is 9.22. The number of hydrogen-bond acceptors (Lipinski definition) is 6. The molecule has 2 aromatic rings. The molecule has 0 bridgehead atoms. The summed E-state index contributed by atoms with van der Waals surface area (Å²) in [6.07, 6.45) is 3.81. The Balaban J connectivity index is 1.64. The van der Waals surface area contributed by atoms with Gasteiger partial charge in [0.25, 0.3) is 0 Å². The molecule has 7 nitrogen and oxygen atoms in total. The minimum Gasteiger partial charge on any atom is -0.435 e. The lowest BCUT2D eigenvalue weighted by molar-refractivity contribution is -0.111. The van der Waals surface area contributed by atoms with E-state index in [0.29, 0.717) is 18.9 Å². The number of benzene rings is 1. The SMILES string of the molecule is O=C(C=Cc1ccc(OC(F)F)cc1OC(F)F)Nc1ccc(N2CCOCC2)nc1. The van der Waals surface area contributed by atoms with Gasteiger partial charge in [0.2, 0.25) is 5.91 Å². The van der Waals surface area contributed by atoms with E-state index in [1.807, 2.05) is 0 Å². The van der Waals surface area contributed by atoms with Crippen molar-refractivity contribution in [1.82, 2.24) is 4.98 Å². The van der Waals surface area contributed by atoms with E-state index in [4.69, 9.17) is 4.74 Å². The lowest BCUT2D eigenvalue weighted by Gasteiger charge is -2.27. The van der Waals surface area contributed by atoms with Crippen molar-refractivity contribution >= 4 is 23.5 Å². The van der Waals surface area contributed by atoms with Crippen LogP contribution in [0.15, 0.2) is 42.6 Å². The van der Waals surface area contributed by atoms with Gasteiger partial charge in [-0.05, 0) is 30.3 Å². The molecule has 1 N–H and O–H groups in total. The maximum atomic E-state index is 12.6. The molecule has 1 aliphatic heterocycles. The summed E-state index contributed by atoms with van der Waals surface area (Å²) in [5, 5.41) is 2.60. The van der Waals surface area contributed by atoms with Crippen LogP contribution in [0.1, 0.15) is 5.56 Å². The highest BCUT2D eigenvalue weighted by Gasteiger charge is 2.14. The fourth-order valence-electron chi connectivity index (χ4n) is 2.82. The van der Waals surface area contributed by atoms with Crippen LogP contribution >= 0.6 is 0 Å². The number of amides is 1. The molecule has 1 aromatic heterocycles. The number of ether oxygens (including phenoxy) is 3. The Bertz CT molecular complexity index is 904. The molecule has 1 fully saturated rings. The molecule has 0 radical (unpaired) electrons. The lowest BCUT2D eigenvalue weighted by atomic mass is 10.1. The van der Waals surface area contributed by atoms with E-state index >= 15 is 0 Å². The molecule has 1 aliphatic rings. The van der Waals surface area contributed by atoms with Crippen molar-refractivity contribution in [3.8, 4) is 11.5 Å². The monoisotopic (exact) mass is 441 g/mol. The van der Waals surface area contributed by atoms with Gasteiger partial charge in [0.05, 0.1) is 25.1 Å². The van der Waals surface area contributed by atoms with Crippen LogP contribution in [-0.4, -0.2) is 50.4 Å². The fourth-order valence-corrected chi connectivity index (χ4v) is 2.82. The van der Waals surface area contributed by atoms with E-state index in [1.54, 1.807) is 12.1 Å². The standard InChI is InChI=1S/C20H19F4N3O4/c21-19(22)30-15-4-1-13(16(11-15)31-20(23)24)2-6-18(28)26-14-3-5-17(25-12-14)27-7-9-29-10-8-27/h1-6,11-12,19-20H,7-10H2,(H,26,28). The van der Waals surface area contributed by atoms with Crippen molar-refractivity contribution in [2.75, 3.05) is 36.5 Å². The number of anilines is 2. The zero-order valence-electron chi connectivity index (χ0n) is 16.1. The first-order chi connectivity index (χ1) is 14.9. The predicted octanol–water partition coefficient (Wildman–Crippen LogP) is 3.77. The molecule has 1 amide bonds. The molecule has 0 unspecified atom stereocenters.